The molecule has 0 saturated heterocycles. The zero-order valence-corrected chi connectivity index (χ0v) is 12.2. The molecule has 1 atom stereocenters. The molecule has 1 unspecified atom stereocenters. The van der Waals surface area contributed by atoms with Crippen LogP contribution in [0.15, 0.2) is 48.5 Å². The van der Waals surface area contributed by atoms with Gasteiger partial charge in [0, 0.05) is 18.6 Å². The lowest BCUT2D eigenvalue weighted by atomic mass is 9.97. The standard InChI is InChI=1S/C17H16N2O3/c1-13-2-8-17(9-3-13)22-11-10-15(12-18)14-4-6-16(7-5-14)19(20)21/h2-9,15H,10-11H2,1H3. The summed E-state index contributed by atoms with van der Waals surface area (Å²) in [6.45, 7) is 2.42. The number of ether oxygens (including phenoxy) is 1. The maximum absolute atomic E-state index is 10.6. The van der Waals surface area contributed by atoms with Gasteiger partial charge >= 0.3 is 0 Å². The van der Waals surface area contributed by atoms with E-state index in [0.29, 0.717) is 13.0 Å². The summed E-state index contributed by atoms with van der Waals surface area (Å²) in [4.78, 5) is 10.2. The number of aryl methyl sites for hydroxylation is 1. The fraction of sp³-hybridized carbons (Fsp3) is 0.235. The Morgan fingerprint density at radius 3 is 2.36 bits per heavy atom. The summed E-state index contributed by atoms with van der Waals surface area (Å²) in [6, 6.07) is 16.0. The van der Waals surface area contributed by atoms with E-state index in [1.165, 1.54) is 12.1 Å². The largest absolute Gasteiger partial charge is 0.494 e. The minimum absolute atomic E-state index is 0.0244. The van der Waals surface area contributed by atoms with Crippen molar-refractivity contribution in [3.8, 4) is 11.8 Å². The van der Waals surface area contributed by atoms with Crippen molar-refractivity contribution in [1.29, 1.82) is 5.26 Å². The van der Waals surface area contributed by atoms with Gasteiger partial charge in [0.2, 0.25) is 0 Å². The van der Waals surface area contributed by atoms with Gasteiger partial charge in [-0.25, -0.2) is 0 Å². The third kappa shape index (κ3) is 4.06. The van der Waals surface area contributed by atoms with Crippen LogP contribution >= 0.6 is 0 Å². The van der Waals surface area contributed by atoms with Gasteiger partial charge in [-0.15, -0.1) is 0 Å². The molecule has 0 amide bonds. The molecule has 2 aromatic carbocycles. The summed E-state index contributed by atoms with van der Waals surface area (Å²) in [5, 5.41) is 19.9. The highest BCUT2D eigenvalue weighted by Gasteiger charge is 2.13. The van der Waals surface area contributed by atoms with Crippen LogP contribution in [0.25, 0.3) is 0 Å². The Morgan fingerprint density at radius 2 is 1.82 bits per heavy atom. The topological polar surface area (TPSA) is 76.2 Å². The van der Waals surface area contributed by atoms with Gasteiger partial charge in [-0.2, -0.15) is 5.26 Å². The molecule has 0 aliphatic carbocycles. The lowest BCUT2D eigenvalue weighted by Crippen LogP contribution is -2.04. The monoisotopic (exact) mass is 296 g/mol. The lowest BCUT2D eigenvalue weighted by Gasteiger charge is -2.11. The maximum Gasteiger partial charge on any atom is 0.269 e. The number of nitro benzene ring substituents is 1. The Labute approximate surface area is 128 Å². The summed E-state index contributed by atoms with van der Waals surface area (Å²) < 4.78 is 5.62. The highest BCUT2D eigenvalue weighted by molar-refractivity contribution is 5.36. The van der Waals surface area contributed by atoms with E-state index >= 15 is 0 Å². The van der Waals surface area contributed by atoms with Crippen molar-refractivity contribution >= 4 is 5.69 Å². The summed E-state index contributed by atoms with van der Waals surface area (Å²) in [5.41, 5.74) is 1.95. The first-order valence-corrected chi connectivity index (χ1v) is 6.93. The first-order valence-electron chi connectivity index (χ1n) is 6.93. The van der Waals surface area contributed by atoms with Gasteiger partial charge in [0.25, 0.3) is 5.69 Å². The van der Waals surface area contributed by atoms with E-state index in [1.807, 2.05) is 31.2 Å². The zero-order valence-electron chi connectivity index (χ0n) is 12.2. The van der Waals surface area contributed by atoms with Crippen molar-refractivity contribution in [2.45, 2.75) is 19.3 Å². The average Bonchev–Trinajstić information content (AvgIpc) is 2.53. The van der Waals surface area contributed by atoms with Gasteiger partial charge < -0.3 is 4.74 Å². The summed E-state index contributed by atoms with van der Waals surface area (Å²) in [5.74, 6) is 0.428. The number of hydrogen-bond donors (Lipinski definition) is 0. The minimum Gasteiger partial charge on any atom is -0.494 e. The van der Waals surface area contributed by atoms with Crippen molar-refractivity contribution in [2.24, 2.45) is 0 Å². The van der Waals surface area contributed by atoms with Crippen molar-refractivity contribution in [3.63, 3.8) is 0 Å². The molecule has 0 fully saturated rings. The Balaban J connectivity index is 1.93. The van der Waals surface area contributed by atoms with E-state index < -0.39 is 4.92 Å². The number of hydrogen-bond acceptors (Lipinski definition) is 4. The third-order valence-corrected chi connectivity index (χ3v) is 3.36. The molecule has 0 aliphatic heterocycles. The molecule has 0 N–H and O–H groups in total. The molecule has 0 saturated carbocycles. The van der Waals surface area contributed by atoms with E-state index in [9.17, 15) is 15.4 Å². The van der Waals surface area contributed by atoms with E-state index in [4.69, 9.17) is 4.74 Å². The van der Waals surface area contributed by atoms with Crippen LogP contribution in [-0.2, 0) is 0 Å². The van der Waals surface area contributed by atoms with Crippen LogP contribution in [0.3, 0.4) is 0 Å². The van der Waals surface area contributed by atoms with Gasteiger partial charge in [-0.05, 0) is 24.6 Å². The molecule has 0 radical (unpaired) electrons. The molecule has 22 heavy (non-hydrogen) atoms. The predicted octanol–water partition coefficient (Wildman–Crippen LogP) is 3.98. The van der Waals surface area contributed by atoms with Crippen LogP contribution in [0.1, 0.15) is 23.5 Å². The molecule has 0 spiro atoms. The molecule has 0 aliphatic rings. The molecule has 0 aromatic heterocycles. The Morgan fingerprint density at radius 1 is 1.18 bits per heavy atom. The number of non-ortho nitro benzene ring substituents is 1. The van der Waals surface area contributed by atoms with E-state index in [0.717, 1.165) is 16.9 Å². The van der Waals surface area contributed by atoms with E-state index in [1.54, 1.807) is 12.1 Å². The molecule has 5 nitrogen and oxygen atoms in total. The highest BCUT2D eigenvalue weighted by Crippen LogP contribution is 2.22. The average molecular weight is 296 g/mol. The quantitative estimate of drug-likeness (QED) is 0.596. The SMILES string of the molecule is Cc1ccc(OCCC(C#N)c2ccc([N+](=O)[O-])cc2)cc1. The molecule has 2 aromatic rings. The first-order chi connectivity index (χ1) is 10.6. The minimum atomic E-state index is -0.453. The number of nitriles is 1. The van der Waals surface area contributed by atoms with Gasteiger partial charge in [-0.3, -0.25) is 10.1 Å². The number of benzene rings is 2. The Kier molecular flexibility index (Phi) is 5.10. The van der Waals surface area contributed by atoms with E-state index in [2.05, 4.69) is 6.07 Å². The third-order valence-electron chi connectivity index (χ3n) is 3.36. The number of nitrogens with zero attached hydrogens (tertiary/aromatic N) is 2. The predicted molar refractivity (Wildman–Crippen MR) is 82.7 cm³/mol. The Hall–Kier alpha value is -2.87. The van der Waals surface area contributed by atoms with Crippen molar-refractivity contribution < 1.29 is 9.66 Å². The van der Waals surface area contributed by atoms with Gasteiger partial charge in [0.05, 0.1) is 23.5 Å². The van der Waals surface area contributed by atoms with Crippen LogP contribution in [0, 0.1) is 28.4 Å². The first kappa shape index (κ1) is 15.5. The maximum atomic E-state index is 10.6. The molecular formula is C17H16N2O3. The molecule has 5 heteroatoms. The van der Waals surface area contributed by atoms with Crippen LogP contribution in [-0.4, -0.2) is 11.5 Å². The fourth-order valence-corrected chi connectivity index (χ4v) is 2.06. The highest BCUT2D eigenvalue weighted by atomic mass is 16.6. The second kappa shape index (κ2) is 7.23. The molecule has 2 rings (SSSR count). The van der Waals surface area contributed by atoms with Crippen molar-refractivity contribution in [3.05, 3.63) is 69.8 Å². The van der Waals surface area contributed by atoms with Crippen LogP contribution in [0.4, 0.5) is 5.69 Å². The zero-order chi connectivity index (χ0) is 15.9. The van der Waals surface area contributed by atoms with Gasteiger partial charge in [0.1, 0.15) is 5.75 Å². The molecule has 0 bridgehead atoms. The Bertz CT molecular complexity index is 673. The molecule has 112 valence electrons. The smallest absolute Gasteiger partial charge is 0.269 e. The van der Waals surface area contributed by atoms with Gasteiger partial charge in [0.15, 0.2) is 0 Å². The summed E-state index contributed by atoms with van der Waals surface area (Å²) in [7, 11) is 0. The van der Waals surface area contributed by atoms with Crippen LogP contribution < -0.4 is 4.74 Å². The molecular weight excluding hydrogens is 280 g/mol. The second-order valence-corrected chi connectivity index (χ2v) is 4.98. The van der Waals surface area contributed by atoms with E-state index in [-0.39, 0.29) is 11.6 Å². The van der Waals surface area contributed by atoms with Crippen molar-refractivity contribution in [1.82, 2.24) is 0 Å². The summed E-state index contributed by atoms with van der Waals surface area (Å²) in [6.07, 6.45) is 0.530. The molecule has 0 heterocycles. The number of rotatable bonds is 6. The second-order valence-electron chi connectivity index (χ2n) is 4.98. The van der Waals surface area contributed by atoms with Crippen molar-refractivity contribution in [2.75, 3.05) is 6.61 Å². The van der Waals surface area contributed by atoms with Gasteiger partial charge in [-0.1, -0.05) is 29.8 Å². The fourth-order valence-electron chi connectivity index (χ4n) is 2.06. The summed E-state index contributed by atoms with van der Waals surface area (Å²) >= 11 is 0. The van der Waals surface area contributed by atoms with Crippen LogP contribution in [0.5, 0.6) is 5.75 Å². The number of nitro groups is 1. The normalized spacial score (nSPS) is 11.5. The van der Waals surface area contributed by atoms with Crippen LogP contribution in [0.2, 0.25) is 0 Å². The lowest BCUT2D eigenvalue weighted by molar-refractivity contribution is -0.384.